The third-order valence-corrected chi connectivity index (χ3v) is 3.75. The van der Waals surface area contributed by atoms with Crippen molar-refractivity contribution in [2.45, 2.75) is 65.1 Å². The van der Waals surface area contributed by atoms with Gasteiger partial charge in [-0.25, -0.2) is 0 Å². The third kappa shape index (κ3) is 4.25. The van der Waals surface area contributed by atoms with Crippen molar-refractivity contribution in [3.63, 3.8) is 0 Å². The second-order valence-corrected chi connectivity index (χ2v) is 5.02. The zero-order valence-corrected chi connectivity index (χ0v) is 12.2. The van der Waals surface area contributed by atoms with Crippen LogP contribution < -0.4 is 5.32 Å². The van der Waals surface area contributed by atoms with Crippen LogP contribution in [-0.2, 0) is 9.53 Å². The molecule has 0 saturated carbocycles. The predicted octanol–water partition coefficient (Wildman–Crippen LogP) is 1.79. The quantitative estimate of drug-likeness (QED) is 0.788. The second-order valence-electron chi connectivity index (χ2n) is 5.02. The molecule has 0 aromatic rings. The van der Waals surface area contributed by atoms with Crippen molar-refractivity contribution in [1.82, 2.24) is 10.2 Å². The van der Waals surface area contributed by atoms with Gasteiger partial charge in [0.25, 0.3) is 0 Å². The lowest BCUT2D eigenvalue weighted by Gasteiger charge is -2.32. The van der Waals surface area contributed by atoms with Crippen LogP contribution in [0.25, 0.3) is 0 Å². The van der Waals surface area contributed by atoms with E-state index in [2.05, 4.69) is 12.2 Å². The Morgan fingerprint density at radius 3 is 2.61 bits per heavy atom. The molecule has 0 radical (unpaired) electrons. The maximum Gasteiger partial charge on any atom is 0.239 e. The number of carbonyl (C=O) groups excluding carboxylic acids is 1. The van der Waals surface area contributed by atoms with Gasteiger partial charge < -0.3 is 15.0 Å². The minimum Gasteiger partial charge on any atom is -0.378 e. The van der Waals surface area contributed by atoms with Crippen molar-refractivity contribution < 1.29 is 9.53 Å². The highest BCUT2D eigenvalue weighted by Crippen LogP contribution is 2.16. The Bertz CT molecular complexity index is 254. The summed E-state index contributed by atoms with van der Waals surface area (Å²) in [6.07, 6.45) is 3.43. The summed E-state index contributed by atoms with van der Waals surface area (Å²) in [5.74, 6) is 0.208. The Labute approximate surface area is 111 Å². The number of ether oxygens (including phenoxy) is 1. The lowest BCUT2D eigenvalue weighted by molar-refractivity contribution is -0.133. The molecule has 18 heavy (non-hydrogen) atoms. The third-order valence-electron chi connectivity index (χ3n) is 3.75. The van der Waals surface area contributed by atoms with E-state index in [4.69, 9.17) is 4.74 Å². The Morgan fingerprint density at radius 2 is 2.06 bits per heavy atom. The summed E-state index contributed by atoms with van der Waals surface area (Å²) in [6.45, 7) is 10.5. The summed E-state index contributed by atoms with van der Waals surface area (Å²) in [4.78, 5) is 14.0. The van der Waals surface area contributed by atoms with Crippen LogP contribution in [0.3, 0.4) is 0 Å². The fourth-order valence-corrected chi connectivity index (χ4v) is 2.55. The summed E-state index contributed by atoms with van der Waals surface area (Å²) in [7, 11) is 0. The van der Waals surface area contributed by atoms with Crippen LogP contribution in [-0.4, -0.2) is 48.7 Å². The van der Waals surface area contributed by atoms with Crippen LogP contribution in [0.1, 0.15) is 47.0 Å². The molecule has 4 heteroatoms. The molecule has 1 fully saturated rings. The molecule has 0 aromatic heterocycles. The number of amides is 1. The fraction of sp³-hybridized carbons (Fsp3) is 0.929. The number of carbonyl (C=O) groups is 1. The highest BCUT2D eigenvalue weighted by molar-refractivity contribution is 5.81. The molecule has 1 heterocycles. The van der Waals surface area contributed by atoms with Crippen LogP contribution >= 0.6 is 0 Å². The van der Waals surface area contributed by atoms with Crippen LogP contribution in [0.15, 0.2) is 0 Å². The van der Waals surface area contributed by atoms with E-state index in [1.54, 1.807) is 0 Å². The Morgan fingerprint density at radius 1 is 1.39 bits per heavy atom. The smallest absolute Gasteiger partial charge is 0.239 e. The van der Waals surface area contributed by atoms with Crippen molar-refractivity contribution >= 4 is 5.91 Å². The molecule has 0 bridgehead atoms. The van der Waals surface area contributed by atoms with E-state index in [0.29, 0.717) is 12.1 Å². The molecular formula is C14H28N2O2. The summed E-state index contributed by atoms with van der Waals surface area (Å²) in [5, 5.41) is 3.46. The Balaban J connectivity index is 2.43. The summed E-state index contributed by atoms with van der Waals surface area (Å²) in [6, 6.07) is 0.323. The van der Waals surface area contributed by atoms with Gasteiger partial charge >= 0.3 is 0 Å². The van der Waals surface area contributed by atoms with Crippen LogP contribution in [0.4, 0.5) is 0 Å². The standard InChI is InChI=1S/C14H28N2O2/c1-5-13-10-12(8-9-18-13)15-11(4)14(17)16(6-2)7-3/h11-13,15H,5-10H2,1-4H3. The summed E-state index contributed by atoms with van der Waals surface area (Å²) in [5.41, 5.74) is 0. The molecule has 1 aliphatic rings. The zero-order valence-electron chi connectivity index (χ0n) is 12.2. The van der Waals surface area contributed by atoms with Crippen LogP contribution in [0.2, 0.25) is 0 Å². The largest absolute Gasteiger partial charge is 0.378 e. The monoisotopic (exact) mass is 256 g/mol. The van der Waals surface area contributed by atoms with E-state index < -0.39 is 0 Å². The first-order valence-corrected chi connectivity index (χ1v) is 7.28. The molecule has 0 spiro atoms. The lowest BCUT2D eigenvalue weighted by atomic mass is 10.0. The van der Waals surface area contributed by atoms with Gasteiger partial charge in [0.15, 0.2) is 0 Å². The minimum atomic E-state index is -0.0921. The predicted molar refractivity (Wildman–Crippen MR) is 73.6 cm³/mol. The Hall–Kier alpha value is -0.610. The number of nitrogens with one attached hydrogen (secondary N) is 1. The maximum absolute atomic E-state index is 12.2. The van der Waals surface area contributed by atoms with Gasteiger partial charge in [-0.2, -0.15) is 0 Å². The number of likely N-dealkylation sites (N-methyl/N-ethyl adjacent to an activating group) is 1. The van der Waals surface area contributed by atoms with Crippen molar-refractivity contribution in [3.8, 4) is 0 Å². The number of nitrogens with zero attached hydrogens (tertiary/aromatic N) is 1. The first kappa shape index (κ1) is 15.4. The van der Waals surface area contributed by atoms with Gasteiger partial charge in [0, 0.05) is 25.7 Å². The molecule has 4 nitrogen and oxygen atoms in total. The van der Waals surface area contributed by atoms with E-state index in [9.17, 15) is 4.79 Å². The molecule has 1 saturated heterocycles. The van der Waals surface area contributed by atoms with Gasteiger partial charge in [-0.15, -0.1) is 0 Å². The summed E-state index contributed by atoms with van der Waals surface area (Å²) >= 11 is 0. The SMILES string of the molecule is CCC1CC(NC(C)C(=O)N(CC)CC)CCO1. The molecule has 1 amide bonds. The van der Waals surface area contributed by atoms with Gasteiger partial charge in [-0.3, -0.25) is 4.79 Å². The second kappa shape index (κ2) is 7.74. The van der Waals surface area contributed by atoms with Gasteiger partial charge in [0.1, 0.15) is 0 Å². The van der Waals surface area contributed by atoms with Crippen molar-refractivity contribution in [2.24, 2.45) is 0 Å². The molecule has 0 aromatic carbocycles. The first-order chi connectivity index (χ1) is 8.62. The molecule has 0 aliphatic carbocycles. The van der Waals surface area contributed by atoms with E-state index in [0.717, 1.165) is 39.0 Å². The number of hydrogen-bond acceptors (Lipinski definition) is 3. The average Bonchev–Trinajstić information content (AvgIpc) is 2.40. The van der Waals surface area contributed by atoms with E-state index in [1.807, 2.05) is 25.7 Å². The molecule has 1 aliphatic heterocycles. The molecule has 3 unspecified atom stereocenters. The minimum absolute atomic E-state index is 0.0921. The zero-order chi connectivity index (χ0) is 13.5. The highest BCUT2D eigenvalue weighted by Gasteiger charge is 2.25. The highest BCUT2D eigenvalue weighted by atomic mass is 16.5. The average molecular weight is 256 g/mol. The van der Waals surface area contributed by atoms with E-state index in [1.165, 1.54) is 0 Å². The topological polar surface area (TPSA) is 41.6 Å². The van der Waals surface area contributed by atoms with E-state index in [-0.39, 0.29) is 11.9 Å². The molecular weight excluding hydrogens is 228 g/mol. The van der Waals surface area contributed by atoms with Crippen LogP contribution in [0, 0.1) is 0 Å². The van der Waals surface area contributed by atoms with Crippen molar-refractivity contribution in [2.75, 3.05) is 19.7 Å². The maximum atomic E-state index is 12.2. The lowest BCUT2D eigenvalue weighted by Crippen LogP contribution is -2.50. The van der Waals surface area contributed by atoms with Gasteiger partial charge in [0.2, 0.25) is 5.91 Å². The molecule has 3 atom stereocenters. The van der Waals surface area contributed by atoms with Gasteiger partial charge in [0.05, 0.1) is 12.1 Å². The van der Waals surface area contributed by atoms with Crippen LogP contribution in [0.5, 0.6) is 0 Å². The fourth-order valence-electron chi connectivity index (χ4n) is 2.55. The summed E-state index contributed by atoms with van der Waals surface area (Å²) < 4.78 is 5.65. The first-order valence-electron chi connectivity index (χ1n) is 7.28. The molecule has 1 rings (SSSR count). The number of rotatable bonds is 6. The van der Waals surface area contributed by atoms with E-state index >= 15 is 0 Å². The van der Waals surface area contributed by atoms with Crippen molar-refractivity contribution in [3.05, 3.63) is 0 Å². The molecule has 106 valence electrons. The number of hydrogen-bond donors (Lipinski definition) is 1. The normalized spacial score (nSPS) is 25.8. The Kier molecular flexibility index (Phi) is 6.65. The molecule has 1 N–H and O–H groups in total. The van der Waals surface area contributed by atoms with Gasteiger partial charge in [-0.05, 0) is 40.0 Å². The van der Waals surface area contributed by atoms with Gasteiger partial charge in [-0.1, -0.05) is 6.92 Å². The van der Waals surface area contributed by atoms with Crippen molar-refractivity contribution in [1.29, 1.82) is 0 Å².